The smallest absolute Gasteiger partial charge is 0.338 e. The third-order valence-electron chi connectivity index (χ3n) is 4.19. The molecule has 0 spiro atoms. The molecule has 132 valence electrons. The molecule has 2 atom stereocenters. The van der Waals surface area contributed by atoms with Crippen molar-refractivity contribution in [3.05, 3.63) is 35.4 Å². The number of hydrogen-bond acceptors (Lipinski definition) is 5. The number of esters is 1. The van der Waals surface area contributed by atoms with Crippen molar-refractivity contribution in [3.8, 4) is 0 Å². The minimum absolute atomic E-state index is 0.0226. The van der Waals surface area contributed by atoms with Crippen LogP contribution in [0.25, 0.3) is 0 Å². The SMILES string of the molecule is CCN(C(=O)[C@@H](C)OC(=O)c1ccc(C)cc1)[C@@H]1CCS(=O)(=O)C1. The van der Waals surface area contributed by atoms with Crippen LogP contribution in [0.4, 0.5) is 0 Å². The van der Waals surface area contributed by atoms with Gasteiger partial charge in [-0.25, -0.2) is 13.2 Å². The first-order valence-corrected chi connectivity index (χ1v) is 9.84. The van der Waals surface area contributed by atoms with Crippen molar-refractivity contribution in [2.75, 3.05) is 18.1 Å². The molecule has 1 heterocycles. The van der Waals surface area contributed by atoms with Gasteiger partial charge in [0.25, 0.3) is 5.91 Å². The average molecular weight is 353 g/mol. The lowest BCUT2D eigenvalue weighted by atomic mass is 10.1. The van der Waals surface area contributed by atoms with E-state index in [-0.39, 0.29) is 23.5 Å². The van der Waals surface area contributed by atoms with E-state index in [4.69, 9.17) is 4.74 Å². The Morgan fingerprint density at radius 2 is 1.92 bits per heavy atom. The molecule has 1 aliphatic rings. The maximum Gasteiger partial charge on any atom is 0.338 e. The number of carbonyl (C=O) groups excluding carboxylic acids is 2. The summed E-state index contributed by atoms with van der Waals surface area (Å²) in [5.74, 6) is -0.851. The van der Waals surface area contributed by atoms with Gasteiger partial charge in [0.15, 0.2) is 15.9 Å². The molecule has 24 heavy (non-hydrogen) atoms. The lowest BCUT2D eigenvalue weighted by molar-refractivity contribution is -0.141. The van der Waals surface area contributed by atoms with Crippen molar-refractivity contribution in [1.29, 1.82) is 0 Å². The van der Waals surface area contributed by atoms with Gasteiger partial charge in [-0.2, -0.15) is 0 Å². The molecule has 0 bridgehead atoms. The molecule has 1 amide bonds. The molecule has 1 aliphatic heterocycles. The van der Waals surface area contributed by atoms with Gasteiger partial charge < -0.3 is 9.64 Å². The van der Waals surface area contributed by atoms with Crippen LogP contribution in [0, 0.1) is 6.92 Å². The summed E-state index contributed by atoms with van der Waals surface area (Å²) >= 11 is 0. The highest BCUT2D eigenvalue weighted by molar-refractivity contribution is 7.91. The molecular weight excluding hydrogens is 330 g/mol. The number of benzene rings is 1. The quantitative estimate of drug-likeness (QED) is 0.751. The zero-order valence-corrected chi connectivity index (χ0v) is 15.0. The molecule has 0 unspecified atom stereocenters. The highest BCUT2D eigenvalue weighted by Gasteiger charge is 2.36. The standard InChI is InChI=1S/C17H23NO5S/c1-4-18(15-9-10-24(21,22)11-15)16(19)13(3)23-17(20)14-7-5-12(2)6-8-14/h5-8,13,15H,4,9-11H2,1-3H3/t13-,15-/m1/s1. The van der Waals surface area contributed by atoms with Crippen LogP contribution in [0.5, 0.6) is 0 Å². The van der Waals surface area contributed by atoms with E-state index < -0.39 is 21.9 Å². The zero-order chi connectivity index (χ0) is 17.9. The second-order valence-electron chi connectivity index (χ2n) is 6.09. The second-order valence-corrected chi connectivity index (χ2v) is 8.32. The van der Waals surface area contributed by atoms with Crippen molar-refractivity contribution in [1.82, 2.24) is 4.90 Å². The number of amides is 1. The number of nitrogens with zero attached hydrogens (tertiary/aromatic N) is 1. The number of likely N-dealkylation sites (N-methyl/N-ethyl adjacent to an activating group) is 1. The first-order chi connectivity index (χ1) is 11.2. The predicted molar refractivity (Wildman–Crippen MR) is 90.5 cm³/mol. The molecule has 0 aromatic heterocycles. The third kappa shape index (κ3) is 4.35. The van der Waals surface area contributed by atoms with Gasteiger partial charge in [-0.05, 0) is 39.3 Å². The Labute approximate surface area is 142 Å². The number of hydrogen-bond donors (Lipinski definition) is 0. The fourth-order valence-corrected chi connectivity index (χ4v) is 4.55. The molecule has 1 fully saturated rings. The summed E-state index contributed by atoms with van der Waals surface area (Å²) in [4.78, 5) is 26.2. The van der Waals surface area contributed by atoms with Crippen LogP contribution in [-0.4, -0.2) is 55.4 Å². The molecule has 0 saturated carbocycles. The van der Waals surface area contributed by atoms with E-state index in [1.54, 1.807) is 31.2 Å². The van der Waals surface area contributed by atoms with Crippen molar-refractivity contribution >= 4 is 21.7 Å². The number of ether oxygens (including phenoxy) is 1. The van der Waals surface area contributed by atoms with Gasteiger partial charge in [-0.15, -0.1) is 0 Å². The van der Waals surface area contributed by atoms with E-state index in [0.29, 0.717) is 18.5 Å². The van der Waals surface area contributed by atoms with Crippen molar-refractivity contribution in [2.45, 2.75) is 39.3 Å². The van der Waals surface area contributed by atoms with Crippen LogP contribution in [0.1, 0.15) is 36.2 Å². The lowest BCUT2D eigenvalue weighted by Crippen LogP contribution is -2.46. The first kappa shape index (κ1) is 18.4. The third-order valence-corrected chi connectivity index (χ3v) is 5.94. The summed E-state index contributed by atoms with van der Waals surface area (Å²) in [6, 6.07) is 6.55. The van der Waals surface area contributed by atoms with Gasteiger partial charge in [0.05, 0.1) is 17.1 Å². The number of rotatable bonds is 5. The number of carbonyl (C=O) groups is 2. The van der Waals surface area contributed by atoms with Crippen LogP contribution in [-0.2, 0) is 19.4 Å². The van der Waals surface area contributed by atoms with Gasteiger partial charge in [-0.3, -0.25) is 4.79 Å². The molecule has 6 nitrogen and oxygen atoms in total. The Morgan fingerprint density at radius 1 is 1.29 bits per heavy atom. The van der Waals surface area contributed by atoms with Crippen molar-refractivity contribution < 1.29 is 22.7 Å². The monoisotopic (exact) mass is 353 g/mol. The average Bonchev–Trinajstić information content (AvgIpc) is 2.88. The Balaban J connectivity index is 2.02. The highest BCUT2D eigenvalue weighted by Crippen LogP contribution is 2.19. The zero-order valence-electron chi connectivity index (χ0n) is 14.2. The maximum atomic E-state index is 12.5. The Morgan fingerprint density at radius 3 is 2.42 bits per heavy atom. The lowest BCUT2D eigenvalue weighted by Gasteiger charge is -2.29. The number of sulfone groups is 1. The van der Waals surface area contributed by atoms with Gasteiger partial charge in [0.1, 0.15) is 0 Å². The molecule has 1 aromatic rings. The highest BCUT2D eigenvalue weighted by atomic mass is 32.2. The summed E-state index contributed by atoms with van der Waals surface area (Å²) in [5.41, 5.74) is 1.40. The van der Waals surface area contributed by atoms with Crippen LogP contribution in [0.2, 0.25) is 0 Å². The van der Waals surface area contributed by atoms with E-state index in [2.05, 4.69) is 0 Å². The van der Waals surface area contributed by atoms with Crippen LogP contribution < -0.4 is 0 Å². The van der Waals surface area contributed by atoms with Gasteiger partial charge in [0, 0.05) is 12.6 Å². The van der Waals surface area contributed by atoms with E-state index in [1.165, 1.54) is 11.8 Å². The fraction of sp³-hybridized carbons (Fsp3) is 0.529. The first-order valence-electron chi connectivity index (χ1n) is 8.02. The molecular formula is C17H23NO5S. The predicted octanol–water partition coefficient (Wildman–Crippen LogP) is 1.58. The molecule has 0 radical (unpaired) electrons. The number of aryl methyl sites for hydroxylation is 1. The summed E-state index contributed by atoms with van der Waals surface area (Å²) in [6.45, 7) is 5.60. The minimum Gasteiger partial charge on any atom is -0.449 e. The van der Waals surface area contributed by atoms with E-state index in [1.807, 2.05) is 6.92 Å². The summed E-state index contributed by atoms with van der Waals surface area (Å²) < 4.78 is 28.5. The Kier molecular flexibility index (Phi) is 5.64. The summed E-state index contributed by atoms with van der Waals surface area (Å²) in [7, 11) is -3.08. The summed E-state index contributed by atoms with van der Waals surface area (Å²) in [6.07, 6.45) is -0.525. The van der Waals surface area contributed by atoms with E-state index in [0.717, 1.165) is 5.56 Å². The Bertz CT molecular complexity index is 711. The normalized spacial score (nSPS) is 20.4. The molecule has 0 N–H and O–H groups in total. The van der Waals surface area contributed by atoms with Crippen molar-refractivity contribution in [2.24, 2.45) is 0 Å². The second kappa shape index (κ2) is 7.34. The molecule has 1 saturated heterocycles. The molecule has 2 rings (SSSR count). The van der Waals surface area contributed by atoms with Crippen LogP contribution in [0.15, 0.2) is 24.3 Å². The molecule has 7 heteroatoms. The van der Waals surface area contributed by atoms with Crippen molar-refractivity contribution in [3.63, 3.8) is 0 Å². The largest absolute Gasteiger partial charge is 0.449 e. The maximum absolute atomic E-state index is 12.5. The minimum atomic E-state index is -3.08. The summed E-state index contributed by atoms with van der Waals surface area (Å²) in [5, 5.41) is 0. The van der Waals surface area contributed by atoms with Gasteiger partial charge in [-0.1, -0.05) is 17.7 Å². The van der Waals surface area contributed by atoms with Crippen LogP contribution >= 0.6 is 0 Å². The van der Waals surface area contributed by atoms with Crippen LogP contribution in [0.3, 0.4) is 0 Å². The Hall–Kier alpha value is -1.89. The van der Waals surface area contributed by atoms with E-state index >= 15 is 0 Å². The van der Waals surface area contributed by atoms with Gasteiger partial charge >= 0.3 is 5.97 Å². The fourth-order valence-electron chi connectivity index (χ4n) is 2.82. The van der Waals surface area contributed by atoms with E-state index in [9.17, 15) is 18.0 Å². The van der Waals surface area contributed by atoms with Gasteiger partial charge in [0.2, 0.25) is 0 Å². The topological polar surface area (TPSA) is 80.8 Å². The molecule has 0 aliphatic carbocycles. The molecule has 1 aromatic carbocycles.